The highest BCUT2D eigenvalue weighted by molar-refractivity contribution is 5.42. The van der Waals surface area contributed by atoms with E-state index in [2.05, 4.69) is 44.8 Å². The first kappa shape index (κ1) is 13.9. The molecule has 5 nitrogen and oxygen atoms in total. The second kappa shape index (κ2) is 5.77. The maximum atomic E-state index is 4.34. The molecule has 21 heavy (non-hydrogen) atoms. The van der Waals surface area contributed by atoms with Gasteiger partial charge in [0.2, 0.25) is 0 Å². The van der Waals surface area contributed by atoms with E-state index in [-0.39, 0.29) is 0 Å². The number of anilines is 1. The third-order valence-electron chi connectivity index (χ3n) is 3.96. The second-order valence-corrected chi connectivity index (χ2v) is 5.86. The molecule has 5 heteroatoms. The number of nitrogens with zero attached hydrogens (tertiary/aromatic N) is 5. The fourth-order valence-corrected chi connectivity index (χ4v) is 2.66. The van der Waals surface area contributed by atoms with Crippen molar-refractivity contribution in [2.45, 2.75) is 26.4 Å². The smallest absolute Gasteiger partial charge is 0.132 e. The average molecular weight is 283 g/mol. The van der Waals surface area contributed by atoms with Gasteiger partial charge in [0.05, 0.1) is 0 Å². The molecule has 1 aliphatic rings. The molecule has 0 unspecified atom stereocenters. The van der Waals surface area contributed by atoms with E-state index in [1.807, 2.05) is 25.4 Å². The van der Waals surface area contributed by atoms with Gasteiger partial charge in [0.25, 0.3) is 0 Å². The molecule has 0 spiro atoms. The minimum Gasteiger partial charge on any atom is -0.353 e. The quantitative estimate of drug-likeness (QED) is 0.856. The van der Waals surface area contributed by atoms with E-state index in [0.29, 0.717) is 6.04 Å². The number of aromatic nitrogens is 3. The third kappa shape index (κ3) is 3.19. The predicted octanol–water partition coefficient (Wildman–Crippen LogP) is 1.81. The first-order valence-electron chi connectivity index (χ1n) is 7.26. The van der Waals surface area contributed by atoms with Crippen LogP contribution in [0.4, 0.5) is 5.82 Å². The highest BCUT2D eigenvalue weighted by Gasteiger charge is 2.30. The molecule has 1 aliphatic heterocycles. The van der Waals surface area contributed by atoms with Crippen LogP contribution in [0.3, 0.4) is 0 Å². The van der Waals surface area contributed by atoms with Crippen molar-refractivity contribution in [3.05, 3.63) is 47.7 Å². The van der Waals surface area contributed by atoms with Gasteiger partial charge in [-0.1, -0.05) is 6.07 Å². The van der Waals surface area contributed by atoms with Crippen molar-refractivity contribution in [1.82, 2.24) is 19.9 Å². The zero-order valence-corrected chi connectivity index (χ0v) is 12.8. The molecule has 3 rings (SSSR count). The van der Waals surface area contributed by atoms with Crippen molar-refractivity contribution in [2.75, 3.05) is 25.0 Å². The van der Waals surface area contributed by atoms with Crippen LogP contribution in [0.25, 0.3) is 0 Å². The molecule has 0 atom stereocenters. The molecule has 110 valence electrons. The van der Waals surface area contributed by atoms with Crippen LogP contribution in [0.2, 0.25) is 0 Å². The largest absolute Gasteiger partial charge is 0.353 e. The van der Waals surface area contributed by atoms with Gasteiger partial charge >= 0.3 is 0 Å². The maximum absolute atomic E-state index is 4.34. The molecule has 2 aromatic rings. The fourth-order valence-electron chi connectivity index (χ4n) is 2.66. The Balaban J connectivity index is 1.56. The van der Waals surface area contributed by atoms with Crippen LogP contribution in [0, 0.1) is 13.8 Å². The van der Waals surface area contributed by atoms with Crippen molar-refractivity contribution >= 4 is 5.82 Å². The summed E-state index contributed by atoms with van der Waals surface area (Å²) in [6.07, 6.45) is 5.49. The minimum atomic E-state index is 0.570. The van der Waals surface area contributed by atoms with Crippen LogP contribution in [0.5, 0.6) is 0 Å². The topological polar surface area (TPSA) is 45.2 Å². The Hall–Kier alpha value is -2.01. The number of rotatable bonds is 4. The van der Waals surface area contributed by atoms with Gasteiger partial charge in [-0.2, -0.15) is 0 Å². The Labute approximate surface area is 125 Å². The fraction of sp³-hybridized carbons (Fsp3) is 0.438. The molecule has 0 amide bonds. The SMILES string of the molecule is Cc1cncc(CN(C)C2CN(c3cc(C)ncn3)C2)c1. The minimum absolute atomic E-state index is 0.570. The standard InChI is InChI=1S/C16H21N5/c1-12-4-14(7-17-6-12)8-20(3)15-9-21(10-15)16-5-13(2)18-11-19-16/h4-7,11,15H,8-10H2,1-3H3. The molecule has 3 heterocycles. The normalized spacial score (nSPS) is 15.3. The van der Waals surface area contributed by atoms with Crippen molar-refractivity contribution < 1.29 is 0 Å². The molecule has 1 fully saturated rings. The zero-order valence-electron chi connectivity index (χ0n) is 12.8. The Kier molecular flexibility index (Phi) is 3.84. The monoisotopic (exact) mass is 283 g/mol. The van der Waals surface area contributed by atoms with Gasteiger partial charge in [0, 0.05) is 49.8 Å². The summed E-state index contributed by atoms with van der Waals surface area (Å²) in [7, 11) is 2.18. The zero-order chi connectivity index (χ0) is 14.8. The summed E-state index contributed by atoms with van der Waals surface area (Å²) in [6.45, 7) is 7.06. The summed E-state index contributed by atoms with van der Waals surface area (Å²) in [6, 6.07) is 4.81. The Morgan fingerprint density at radius 3 is 2.71 bits per heavy atom. The van der Waals surface area contributed by atoms with Gasteiger partial charge in [-0.3, -0.25) is 9.88 Å². The summed E-state index contributed by atoms with van der Waals surface area (Å²) in [5.41, 5.74) is 3.50. The Bertz CT molecular complexity index is 622. The van der Waals surface area contributed by atoms with Gasteiger partial charge in [-0.25, -0.2) is 9.97 Å². The summed E-state index contributed by atoms with van der Waals surface area (Å²) in [5.74, 6) is 1.03. The predicted molar refractivity (Wildman–Crippen MR) is 83.2 cm³/mol. The van der Waals surface area contributed by atoms with Crippen LogP contribution < -0.4 is 4.90 Å². The number of hydrogen-bond donors (Lipinski definition) is 0. The molecule has 1 saturated heterocycles. The summed E-state index contributed by atoms with van der Waals surface area (Å²) >= 11 is 0. The van der Waals surface area contributed by atoms with E-state index in [1.165, 1.54) is 11.1 Å². The molecule has 0 N–H and O–H groups in total. The van der Waals surface area contributed by atoms with Crippen LogP contribution in [-0.2, 0) is 6.54 Å². The lowest BCUT2D eigenvalue weighted by Gasteiger charge is -2.44. The summed E-state index contributed by atoms with van der Waals surface area (Å²) in [4.78, 5) is 17.4. The van der Waals surface area contributed by atoms with Gasteiger partial charge in [-0.05, 0) is 32.0 Å². The third-order valence-corrected chi connectivity index (χ3v) is 3.96. The van der Waals surface area contributed by atoms with Gasteiger partial charge in [0.1, 0.15) is 12.1 Å². The first-order valence-corrected chi connectivity index (χ1v) is 7.26. The van der Waals surface area contributed by atoms with E-state index in [1.54, 1.807) is 6.33 Å². The Morgan fingerprint density at radius 2 is 2.00 bits per heavy atom. The number of aryl methyl sites for hydroxylation is 2. The molecule has 2 aromatic heterocycles. The number of likely N-dealkylation sites (N-methyl/N-ethyl adjacent to an activating group) is 1. The van der Waals surface area contributed by atoms with Crippen molar-refractivity contribution in [2.24, 2.45) is 0 Å². The van der Waals surface area contributed by atoms with E-state index in [0.717, 1.165) is 31.1 Å². The lowest BCUT2D eigenvalue weighted by Crippen LogP contribution is -2.58. The Morgan fingerprint density at radius 1 is 1.19 bits per heavy atom. The van der Waals surface area contributed by atoms with E-state index in [4.69, 9.17) is 0 Å². The van der Waals surface area contributed by atoms with E-state index >= 15 is 0 Å². The molecule has 0 bridgehead atoms. The lowest BCUT2D eigenvalue weighted by atomic mass is 10.1. The van der Waals surface area contributed by atoms with Crippen molar-refractivity contribution in [3.8, 4) is 0 Å². The van der Waals surface area contributed by atoms with Crippen LogP contribution in [-0.4, -0.2) is 46.0 Å². The number of hydrogen-bond acceptors (Lipinski definition) is 5. The maximum Gasteiger partial charge on any atom is 0.132 e. The molecular weight excluding hydrogens is 262 g/mol. The van der Waals surface area contributed by atoms with E-state index < -0.39 is 0 Å². The molecule has 0 saturated carbocycles. The van der Waals surface area contributed by atoms with Gasteiger partial charge < -0.3 is 4.90 Å². The van der Waals surface area contributed by atoms with Gasteiger partial charge in [0.15, 0.2) is 0 Å². The highest BCUT2D eigenvalue weighted by atomic mass is 15.3. The van der Waals surface area contributed by atoms with Crippen LogP contribution in [0.1, 0.15) is 16.8 Å². The second-order valence-electron chi connectivity index (χ2n) is 5.86. The highest BCUT2D eigenvalue weighted by Crippen LogP contribution is 2.22. The summed E-state index contributed by atoms with van der Waals surface area (Å²) in [5, 5.41) is 0. The van der Waals surface area contributed by atoms with Crippen molar-refractivity contribution in [3.63, 3.8) is 0 Å². The average Bonchev–Trinajstić information content (AvgIpc) is 2.37. The van der Waals surface area contributed by atoms with E-state index in [9.17, 15) is 0 Å². The summed E-state index contributed by atoms with van der Waals surface area (Å²) < 4.78 is 0. The van der Waals surface area contributed by atoms with Crippen LogP contribution >= 0.6 is 0 Å². The van der Waals surface area contributed by atoms with Crippen molar-refractivity contribution in [1.29, 1.82) is 0 Å². The number of pyridine rings is 1. The lowest BCUT2D eigenvalue weighted by molar-refractivity contribution is 0.196. The molecular formula is C16H21N5. The molecule has 0 aliphatic carbocycles. The van der Waals surface area contributed by atoms with Gasteiger partial charge in [-0.15, -0.1) is 0 Å². The first-order chi connectivity index (χ1) is 10.1. The molecule has 0 aromatic carbocycles. The van der Waals surface area contributed by atoms with Crippen LogP contribution in [0.15, 0.2) is 30.9 Å². The molecule has 0 radical (unpaired) electrons.